The molecule has 0 amide bonds. The highest BCUT2D eigenvalue weighted by Gasteiger charge is 1.81. The van der Waals surface area contributed by atoms with Gasteiger partial charge in [0.05, 0.1) is 0 Å². The van der Waals surface area contributed by atoms with Crippen molar-refractivity contribution in [1.82, 2.24) is 0 Å². The predicted octanol–water partition coefficient (Wildman–Crippen LogP) is 4.37. The van der Waals surface area contributed by atoms with Crippen LogP contribution in [0.25, 0.3) is 0 Å². The molecule has 0 unspecified atom stereocenters. The lowest BCUT2D eigenvalue weighted by molar-refractivity contribution is 0.967. The summed E-state index contributed by atoms with van der Waals surface area (Å²) in [6.45, 7) is 0. The molecule has 1 aliphatic carbocycles. The van der Waals surface area contributed by atoms with Gasteiger partial charge in [0.15, 0.2) is 0 Å². The second-order valence-corrected chi connectivity index (χ2v) is 3.43. The largest absolute Gasteiger partial charge is 0.0882 e. The molecule has 0 nitrogen and oxygen atoms in total. The Morgan fingerprint density at radius 1 is 0.643 bits per heavy atom. The number of allylic oxidation sites excluding steroid dienone is 8. The molecule has 1 aliphatic rings. The quantitative estimate of drug-likeness (QED) is 0.494. The van der Waals surface area contributed by atoms with Crippen molar-refractivity contribution in [3.8, 4) is 0 Å². The Balaban J connectivity index is 2.34. The van der Waals surface area contributed by atoms with Crippen molar-refractivity contribution in [2.24, 2.45) is 0 Å². The highest BCUT2D eigenvalue weighted by molar-refractivity contribution is 5.03. The fourth-order valence-electron chi connectivity index (χ4n) is 1.33. The van der Waals surface area contributed by atoms with E-state index in [0.29, 0.717) is 0 Å². The predicted molar refractivity (Wildman–Crippen MR) is 62.9 cm³/mol. The van der Waals surface area contributed by atoms with Crippen molar-refractivity contribution >= 4 is 0 Å². The molecule has 0 heteroatoms. The number of hydrogen-bond donors (Lipinski definition) is 0. The molecule has 0 saturated heterocycles. The normalized spacial score (nSPS) is 19.4. The van der Waals surface area contributed by atoms with Crippen molar-refractivity contribution in [2.75, 3.05) is 0 Å². The van der Waals surface area contributed by atoms with Crippen LogP contribution < -0.4 is 0 Å². The lowest BCUT2D eigenvalue weighted by Crippen LogP contribution is -1.71. The van der Waals surface area contributed by atoms with E-state index in [2.05, 4.69) is 48.6 Å². The minimum Gasteiger partial charge on any atom is -0.0882 e. The monoisotopic (exact) mass is 187 g/mol. The van der Waals surface area contributed by atoms with Gasteiger partial charge < -0.3 is 0 Å². The Morgan fingerprint density at radius 3 is 2.14 bits per heavy atom. The molecule has 0 aliphatic heterocycles. The lowest BCUT2D eigenvalue weighted by Gasteiger charge is -1.90. The van der Waals surface area contributed by atoms with Crippen LogP contribution in [0.15, 0.2) is 42.5 Å². The Kier molecular flexibility index (Phi) is 6.74. The first-order valence-electron chi connectivity index (χ1n) is 5.52. The van der Waals surface area contributed by atoms with Crippen molar-refractivity contribution in [3.63, 3.8) is 0 Å². The summed E-state index contributed by atoms with van der Waals surface area (Å²) in [4.78, 5) is 0. The van der Waals surface area contributed by atoms with E-state index in [1.54, 1.807) is 0 Å². The standard InChI is InChI=1S/C14H19/c1-2-4-6-8-10-12-14-13-11-9-7-5-3-1/h1-4,9-11H,5-8,13-14H2. The maximum Gasteiger partial charge on any atom is -0.0245 e. The third-order valence-electron chi connectivity index (χ3n) is 2.13. The summed E-state index contributed by atoms with van der Waals surface area (Å²) < 4.78 is 0. The van der Waals surface area contributed by atoms with Gasteiger partial charge >= 0.3 is 0 Å². The minimum atomic E-state index is 1.07. The van der Waals surface area contributed by atoms with Crippen LogP contribution in [0.3, 0.4) is 0 Å². The van der Waals surface area contributed by atoms with E-state index in [9.17, 15) is 0 Å². The van der Waals surface area contributed by atoms with Gasteiger partial charge in [-0.15, -0.1) is 0 Å². The smallest absolute Gasteiger partial charge is 0.0245 e. The Hall–Kier alpha value is -1.04. The first kappa shape index (κ1) is 11.0. The molecule has 0 aromatic carbocycles. The molecule has 14 heavy (non-hydrogen) atoms. The van der Waals surface area contributed by atoms with Crippen LogP contribution >= 0.6 is 0 Å². The fraction of sp³-hybridized carbons (Fsp3) is 0.429. The van der Waals surface area contributed by atoms with Gasteiger partial charge in [-0.05, 0) is 44.6 Å². The van der Waals surface area contributed by atoms with Crippen molar-refractivity contribution in [1.29, 1.82) is 0 Å². The van der Waals surface area contributed by atoms with E-state index in [4.69, 9.17) is 0 Å². The van der Waals surface area contributed by atoms with Gasteiger partial charge in [-0.2, -0.15) is 0 Å². The molecule has 0 aromatic heterocycles. The molecule has 0 spiro atoms. The molecule has 75 valence electrons. The zero-order valence-corrected chi connectivity index (χ0v) is 8.78. The number of rotatable bonds is 0. The highest BCUT2D eigenvalue weighted by Crippen LogP contribution is 2.00. The van der Waals surface area contributed by atoms with Crippen LogP contribution in [-0.4, -0.2) is 0 Å². The van der Waals surface area contributed by atoms with E-state index >= 15 is 0 Å². The molecule has 0 aromatic rings. The maximum absolute atomic E-state index is 3.31. The van der Waals surface area contributed by atoms with Gasteiger partial charge in [-0.3, -0.25) is 0 Å². The molecule has 0 saturated carbocycles. The molecule has 0 N–H and O–H groups in total. The van der Waals surface area contributed by atoms with Crippen LogP contribution in [0.1, 0.15) is 38.5 Å². The first-order chi connectivity index (χ1) is 7.00. The van der Waals surface area contributed by atoms with E-state index in [1.807, 2.05) is 0 Å². The summed E-state index contributed by atoms with van der Waals surface area (Å²) >= 11 is 0. The van der Waals surface area contributed by atoms with Crippen LogP contribution in [0.5, 0.6) is 0 Å². The summed E-state index contributed by atoms with van der Waals surface area (Å²) in [5.41, 5.74) is 0. The molecule has 1 radical (unpaired) electrons. The van der Waals surface area contributed by atoms with Crippen molar-refractivity contribution < 1.29 is 0 Å². The topological polar surface area (TPSA) is 0 Å². The molecule has 0 bridgehead atoms. The van der Waals surface area contributed by atoms with E-state index < -0.39 is 0 Å². The second-order valence-electron chi connectivity index (χ2n) is 3.43. The van der Waals surface area contributed by atoms with E-state index in [0.717, 1.165) is 38.5 Å². The number of hydrogen-bond acceptors (Lipinski definition) is 0. The first-order valence-corrected chi connectivity index (χ1v) is 5.52. The Bertz CT molecular complexity index is 202. The second kappa shape index (κ2) is 8.55. The van der Waals surface area contributed by atoms with Crippen LogP contribution in [0.2, 0.25) is 0 Å². The summed E-state index contributed by atoms with van der Waals surface area (Å²) in [6, 6.07) is 0. The van der Waals surface area contributed by atoms with E-state index in [1.165, 1.54) is 0 Å². The molecule has 0 atom stereocenters. The van der Waals surface area contributed by atoms with Crippen molar-refractivity contribution in [3.05, 3.63) is 48.6 Å². The van der Waals surface area contributed by atoms with Gasteiger partial charge in [-0.1, -0.05) is 42.5 Å². The van der Waals surface area contributed by atoms with Gasteiger partial charge in [0.25, 0.3) is 0 Å². The molecular weight excluding hydrogens is 168 g/mol. The summed E-state index contributed by atoms with van der Waals surface area (Å²) in [5, 5.41) is 0. The van der Waals surface area contributed by atoms with Gasteiger partial charge in [0.2, 0.25) is 0 Å². The zero-order valence-electron chi connectivity index (χ0n) is 8.78. The van der Waals surface area contributed by atoms with Gasteiger partial charge in [-0.25, -0.2) is 0 Å². The SMILES string of the molecule is [C]1=CCCC=CC=CCCC=CCC1. The van der Waals surface area contributed by atoms with Crippen molar-refractivity contribution in [2.45, 2.75) is 38.5 Å². The summed E-state index contributed by atoms with van der Waals surface area (Å²) in [5.74, 6) is 0. The third-order valence-corrected chi connectivity index (χ3v) is 2.13. The molecular formula is C14H19. The van der Waals surface area contributed by atoms with Crippen LogP contribution in [0.4, 0.5) is 0 Å². The summed E-state index contributed by atoms with van der Waals surface area (Å²) in [6.07, 6.45) is 25.5. The van der Waals surface area contributed by atoms with Gasteiger partial charge in [0.1, 0.15) is 0 Å². The molecule has 1 rings (SSSR count). The van der Waals surface area contributed by atoms with Crippen LogP contribution in [-0.2, 0) is 0 Å². The third kappa shape index (κ3) is 6.47. The van der Waals surface area contributed by atoms with Gasteiger partial charge in [0, 0.05) is 0 Å². The van der Waals surface area contributed by atoms with Crippen LogP contribution in [0, 0.1) is 6.08 Å². The molecule has 0 heterocycles. The Morgan fingerprint density at radius 2 is 1.29 bits per heavy atom. The zero-order chi connectivity index (χ0) is 9.90. The lowest BCUT2D eigenvalue weighted by atomic mass is 10.2. The maximum atomic E-state index is 3.31. The fourth-order valence-corrected chi connectivity index (χ4v) is 1.33. The molecule has 0 fully saturated rings. The summed E-state index contributed by atoms with van der Waals surface area (Å²) in [7, 11) is 0. The highest BCUT2D eigenvalue weighted by atomic mass is 13.9. The average molecular weight is 187 g/mol. The Labute approximate surface area is 87.7 Å². The van der Waals surface area contributed by atoms with E-state index in [-0.39, 0.29) is 0 Å². The average Bonchev–Trinajstić information content (AvgIpc) is 2.22. The minimum absolute atomic E-state index is 1.07.